The number of carbonyl (C=O) groups is 2. The van der Waals surface area contributed by atoms with E-state index in [-0.39, 0.29) is 5.91 Å². The van der Waals surface area contributed by atoms with Crippen LogP contribution in [-0.2, 0) is 14.3 Å². The van der Waals surface area contributed by atoms with Crippen molar-refractivity contribution >= 4 is 11.9 Å². The smallest absolute Gasteiger partial charge is 0.331 e. The van der Waals surface area contributed by atoms with Crippen molar-refractivity contribution in [2.75, 3.05) is 13.2 Å². The largest absolute Gasteiger partial charge is 0.464 e. The average molecular weight is 680 g/mol. The summed E-state index contributed by atoms with van der Waals surface area (Å²) in [6.07, 6.45) is 46.6. The van der Waals surface area contributed by atoms with E-state index in [1.54, 1.807) is 0 Å². The maximum atomic E-state index is 12.3. The van der Waals surface area contributed by atoms with Crippen LogP contribution in [0.15, 0.2) is 0 Å². The second-order valence-electron chi connectivity index (χ2n) is 14.9. The van der Waals surface area contributed by atoms with Crippen LogP contribution in [0.4, 0.5) is 0 Å². The third-order valence-corrected chi connectivity index (χ3v) is 10.1. The molecule has 0 bridgehead atoms. The minimum Gasteiger partial charge on any atom is -0.464 e. The summed E-state index contributed by atoms with van der Waals surface area (Å²) in [5, 5.41) is 12.3. The highest BCUT2D eigenvalue weighted by Crippen LogP contribution is 2.16. The summed E-state index contributed by atoms with van der Waals surface area (Å²) in [6, 6.07) is -0.945. The maximum Gasteiger partial charge on any atom is 0.331 e. The fourth-order valence-electron chi connectivity index (χ4n) is 6.73. The van der Waals surface area contributed by atoms with Crippen LogP contribution >= 0.6 is 0 Å². The van der Waals surface area contributed by atoms with Gasteiger partial charge in [0.1, 0.15) is 0 Å². The SMILES string of the molecule is CCCCCCCCCCCCCCCCCCCCCCCC(=O)N[C@@H](CO)C(=O)OCCCCCCCCCCCCCCCC. The van der Waals surface area contributed by atoms with Crippen LogP contribution < -0.4 is 5.32 Å². The zero-order valence-electron chi connectivity index (χ0n) is 32.6. The van der Waals surface area contributed by atoms with Gasteiger partial charge in [0.15, 0.2) is 6.04 Å². The Kier molecular flexibility index (Phi) is 39.4. The molecular formula is C43H85NO4. The summed E-state index contributed by atoms with van der Waals surface area (Å²) in [5.41, 5.74) is 0. The fraction of sp³-hybridized carbons (Fsp3) is 0.953. The lowest BCUT2D eigenvalue weighted by Gasteiger charge is -2.15. The Morgan fingerprint density at radius 2 is 0.708 bits per heavy atom. The molecule has 0 aromatic rings. The minimum absolute atomic E-state index is 0.166. The first-order chi connectivity index (χ1) is 23.7. The average Bonchev–Trinajstić information content (AvgIpc) is 3.09. The molecule has 0 rings (SSSR count). The molecule has 0 fully saturated rings. The molecule has 0 aliphatic carbocycles. The topological polar surface area (TPSA) is 75.6 Å². The maximum absolute atomic E-state index is 12.3. The summed E-state index contributed by atoms with van der Waals surface area (Å²) in [4.78, 5) is 24.6. The highest BCUT2D eigenvalue weighted by Gasteiger charge is 2.21. The molecule has 0 aromatic carbocycles. The van der Waals surface area contributed by atoms with E-state index in [9.17, 15) is 14.7 Å². The van der Waals surface area contributed by atoms with Crippen LogP contribution in [0, 0.1) is 0 Å². The van der Waals surface area contributed by atoms with Crippen LogP contribution in [0.1, 0.15) is 245 Å². The highest BCUT2D eigenvalue weighted by atomic mass is 16.5. The summed E-state index contributed by atoms with van der Waals surface area (Å²) in [6.45, 7) is 4.51. The van der Waals surface area contributed by atoms with Crippen LogP contribution in [0.3, 0.4) is 0 Å². The van der Waals surface area contributed by atoms with Gasteiger partial charge in [0.05, 0.1) is 13.2 Å². The molecule has 0 aliphatic rings. The van der Waals surface area contributed by atoms with Crippen LogP contribution in [0.2, 0.25) is 0 Å². The Morgan fingerprint density at radius 1 is 0.438 bits per heavy atom. The summed E-state index contributed by atoms with van der Waals surface area (Å²) < 4.78 is 5.34. The predicted octanol–water partition coefficient (Wildman–Crippen LogP) is 13.1. The molecule has 2 N–H and O–H groups in total. The Balaban J connectivity index is 3.46. The van der Waals surface area contributed by atoms with Crippen LogP contribution in [0.25, 0.3) is 0 Å². The second-order valence-corrected chi connectivity index (χ2v) is 14.9. The van der Waals surface area contributed by atoms with Crippen molar-refractivity contribution in [2.24, 2.45) is 0 Å². The number of aliphatic hydroxyl groups is 1. The molecule has 0 spiro atoms. The monoisotopic (exact) mass is 680 g/mol. The Bertz CT molecular complexity index is 655. The number of esters is 1. The number of hydrogen-bond acceptors (Lipinski definition) is 4. The Hall–Kier alpha value is -1.10. The number of unbranched alkanes of at least 4 members (excludes halogenated alkanes) is 33. The van der Waals surface area contributed by atoms with Crippen molar-refractivity contribution in [1.29, 1.82) is 0 Å². The van der Waals surface area contributed by atoms with Crippen molar-refractivity contribution < 1.29 is 19.4 Å². The molecule has 1 atom stereocenters. The first-order valence-corrected chi connectivity index (χ1v) is 21.7. The molecule has 1 amide bonds. The van der Waals surface area contributed by atoms with E-state index in [1.807, 2.05) is 0 Å². The molecule has 0 aliphatic heterocycles. The normalized spacial score (nSPS) is 12.0. The van der Waals surface area contributed by atoms with Crippen LogP contribution in [0.5, 0.6) is 0 Å². The minimum atomic E-state index is -0.945. The van der Waals surface area contributed by atoms with E-state index in [4.69, 9.17) is 4.74 Å². The van der Waals surface area contributed by atoms with E-state index in [1.165, 1.54) is 193 Å². The Labute approximate surface area is 300 Å². The molecule has 0 heterocycles. The van der Waals surface area contributed by atoms with Crippen molar-refractivity contribution in [2.45, 2.75) is 251 Å². The van der Waals surface area contributed by atoms with Gasteiger partial charge in [-0.05, 0) is 12.8 Å². The van der Waals surface area contributed by atoms with Gasteiger partial charge in [-0.15, -0.1) is 0 Å². The van der Waals surface area contributed by atoms with E-state index in [2.05, 4.69) is 19.2 Å². The Morgan fingerprint density at radius 3 is 1.00 bits per heavy atom. The molecule has 286 valence electrons. The molecule has 5 heteroatoms. The number of nitrogens with one attached hydrogen (secondary N) is 1. The number of amides is 1. The first kappa shape index (κ1) is 46.9. The standard InChI is InChI=1S/C43H85NO4/c1-3-5-7-9-11-13-15-17-19-20-21-22-23-24-25-26-28-30-32-34-36-38-42(46)44-41(40-45)43(47)48-39-37-35-33-31-29-27-18-16-14-12-10-8-6-4-2/h41,45H,3-40H2,1-2H3,(H,44,46)/t41-/m0/s1. The van der Waals surface area contributed by atoms with E-state index >= 15 is 0 Å². The zero-order chi connectivity index (χ0) is 35.0. The zero-order valence-corrected chi connectivity index (χ0v) is 32.6. The van der Waals surface area contributed by atoms with Gasteiger partial charge in [-0.3, -0.25) is 4.79 Å². The second kappa shape index (κ2) is 40.3. The van der Waals surface area contributed by atoms with Gasteiger partial charge >= 0.3 is 5.97 Å². The lowest BCUT2D eigenvalue weighted by Crippen LogP contribution is -2.44. The first-order valence-electron chi connectivity index (χ1n) is 21.7. The van der Waals surface area contributed by atoms with Crippen molar-refractivity contribution in [3.05, 3.63) is 0 Å². The number of aliphatic hydroxyl groups excluding tert-OH is 1. The third-order valence-electron chi connectivity index (χ3n) is 10.1. The number of hydrogen-bond donors (Lipinski definition) is 2. The van der Waals surface area contributed by atoms with Gasteiger partial charge in [-0.2, -0.15) is 0 Å². The van der Waals surface area contributed by atoms with Crippen molar-refractivity contribution in [3.63, 3.8) is 0 Å². The summed E-state index contributed by atoms with van der Waals surface area (Å²) >= 11 is 0. The summed E-state index contributed by atoms with van der Waals surface area (Å²) in [5.74, 6) is -0.681. The lowest BCUT2D eigenvalue weighted by molar-refractivity contribution is -0.149. The van der Waals surface area contributed by atoms with Gasteiger partial charge in [-0.1, -0.05) is 226 Å². The quantitative estimate of drug-likeness (QED) is 0.0499. The number of carbonyl (C=O) groups excluding carboxylic acids is 2. The van der Waals surface area contributed by atoms with Crippen molar-refractivity contribution in [3.8, 4) is 0 Å². The summed E-state index contributed by atoms with van der Waals surface area (Å²) in [7, 11) is 0. The van der Waals surface area contributed by atoms with Crippen LogP contribution in [-0.4, -0.2) is 36.2 Å². The van der Waals surface area contributed by atoms with Gasteiger partial charge < -0.3 is 15.2 Å². The van der Waals surface area contributed by atoms with Gasteiger partial charge in [0, 0.05) is 6.42 Å². The van der Waals surface area contributed by atoms with Gasteiger partial charge in [0.25, 0.3) is 0 Å². The molecule has 0 saturated carbocycles. The molecule has 0 radical (unpaired) electrons. The molecule has 5 nitrogen and oxygen atoms in total. The molecule has 0 unspecified atom stereocenters. The predicted molar refractivity (Wildman–Crippen MR) is 208 cm³/mol. The van der Waals surface area contributed by atoms with E-state index in [0.717, 1.165) is 32.1 Å². The molecular weight excluding hydrogens is 594 g/mol. The number of ether oxygens (including phenoxy) is 1. The van der Waals surface area contributed by atoms with Gasteiger partial charge in [0.2, 0.25) is 5.91 Å². The van der Waals surface area contributed by atoms with E-state index in [0.29, 0.717) is 13.0 Å². The molecule has 0 saturated heterocycles. The fourth-order valence-corrected chi connectivity index (χ4v) is 6.73. The van der Waals surface area contributed by atoms with Gasteiger partial charge in [-0.25, -0.2) is 4.79 Å². The third kappa shape index (κ3) is 36.2. The number of rotatable bonds is 40. The molecule has 48 heavy (non-hydrogen) atoms. The molecule has 0 aromatic heterocycles. The van der Waals surface area contributed by atoms with Crippen molar-refractivity contribution in [1.82, 2.24) is 5.32 Å². The van der Waals surface area contributed by atoms with E-state index < -0.39 is 18.6 Å². The lowest BCUT2D eigenvalue weighted by atomic mass is 10.0. The highest BCUT2D eigenvalue weighted by molar-refractivity contribution is 5.84.